The van der Waals surface area contributed by atoms with Gasteiger partial charge in [-0.15, -0.1) is 0 Å². The second-order valence-corrected chi connectivity index (χ2v) is 3.95. The summed E-state index contributed by atoms with van der Waals surface area (Å²) in [7, 11) is 0. The Labute approximate surface area is 103 Å². The summed E-state index contributed by atoms with van der Waals surface area (Å²) in [6, 6.07) is 9.75. The Morgan fingerprint density at radius 1 is 1.28 bits per heavy atom. The molecule has 3 rings (SSSR count). The third-order valence-corrected chi connectivity index (χ3v) is 2.86. The molecule has 0 aliphatic rings. The first-order valence-electron chi connectivity index (χ1n) is 5.55. The van der Waals surface area contributed by atoms with Crippen molar-refractivity contribution in [2.75, 3.05) is 0 Å². The van der Waals surface area contributed by atoms with Gasteiger partial charge in [0.15, 0.2) is 0 Å². The molecule has 0 bridgehead atoms. The zero-order chi connectivity index (χ0) is 12.4. The van der Waals surface area contributed by atoms with Crippen molar-refractivity contribution >= 4 is 10.9 Å². The summed E-state index contributed by atoms with van der Waals surface area (Å²) in [5.74, 6) is 5.59. The highest BCUT2D eigenvalue weighted by Gasteiger charge is 2.15. The summed E-state index contributed by atoms with van der Waals surface area (Å²) in [6.45, 7) is 0. The van der Waals surface area contributed by atoms with Gasteiger partial charge in [0.05, 0.1) is 17.8 Å². The molecule has 2 heterocycles. The second kappa shape index (κ2) is 4.52. The molecule has 0 amide bonds. The van der Waals surface area contributed by atoms with Gasteiger partial charge in [-0.2, -0.15) is 15.4 Å². The van der Waals surface area contributed by atoms with Gasteiger partial charge < -0.3 is 0 Å². The van der Waals surface area contributed by atoms with Crippen molar-refractivity contribution in [3.05, 3.63) is 54.0 Å². The maximum Gasteiger partial charge on any atom is 0.105 e. The summed E-state index contributed by atoms with van der Waals surface area (Å²) in [4.78, 5) is 4.33. The fourth-order valence-electron chi connectivity index (χ4n) is 1.96. The third-order valence-electron chi connectivity index (χ3n) is 2.86. The van der Waals surface area contributed by atoms with Crippen molar-refractivity contribution in [2.45, 2.75) is 6.04 Å². The molecular weight excluding hydrogens is 228 g/mol. The van der Waals surface area contributed by atoms with Gasteiger partial charge in [0, 0.05) is 11.6 Å². The molecule has 0 radical (unpaired) electrons. The highest BCUT2D eigenvalue weighted by Crippen LogP contribution is 2.22. The predicted molar refractivity (Wildman–Crippen MR) is 67.3 cm³/mol. The van der Waals surface area contributed by atoms with E-state index in [0.717, 1.165) is 22.2 Å². The van der Waals surface area contributed by atoms with Crippen LogP contribution in [-0.2, 0) is 0 Å². The molecule has 2 aromatic heterocycles. The molecule has 18 heavy (non-hydrogen) atoms. The van der Waals surface area contributed by atoms with Crippen LogP contribution in [0, 0.1) is 0 Å². The van der Waals surface area contributed by atoms with E-state index < -0.39 is 0 Å². The van der Waals surface area contributed by atoms with E-state index in [-0.39, 0.29) is 6.04 Å². The fraction of sp³-hybridized carbons (Fsp3) is 0.0833. The summed E-state index contributed by atoms with van der Waals surface area (Å²) < 4.78 is 0. The molecule has 6 heteroatoms. The Bertz CT molecular complexity index is 648. The SMILES string of the molecule is NNC(c1ccc2cccnc2c1)c1cn[nH]n1. The lowest BCUT2D eigenvalue weighted by Crippen LogP contribution is -2.29. The Hall–Kier alpha value is -2.31. The number of aromatic nitrogens is 4. The maximum absolute atomic E-state index is 5.59. The third kappa shape index (κ3) is 1.83. The van der Waals surface area contributed by atoms with Crippen LogP contribution in [0.4, 0.5) is 0 Å². The minimum atomic E-state index is -0.199. The molecular formula is C12H12N6. The number of hydrogen-bond acceptors (Lipinski definition) is 5. The highest BCUT2D eigenvalue weighted by atomic mass is 15.3. The van der Waals surface area contributed by atoms with Crippen molar-refractivity contribution in [3.8, 4) is 0 Å². The molecule has 1 atom stereocenters. The first-order chi connectivity index (χ1) is 8.88. The zero-order valence-electron chi connectivity index (χ0n) is 9.54. The number of pyridine rings is 1. The number of nitrogens with one attached hydrogen (secondary N) is 2. The van der Waals surface area contributed by atoms with E-state index in [1.807, 2.05) is 30.3 Å². The molecule has 0 aliphatic heterocycles. The van der Waals surface area contributed by atoms with Gasteiger partial charge in [-0.1, -0.05) is 18.2 Å². The smallest absolute Gasteiger partial charge is 0.105 e. The molecule has 0 fully saturated rings. The van der Waals surface area contributed by atoms with Crippen molar-refractivity contribution in [2.24, 2.45) is 5.84 Å². The van der Waals surface area contributed by atoms with E-state index in [1.165, 1.54) is 0 Å². The normalized spacial score (nSPS) is 12.7. The Morgan fingerprint density at radius 3 is 3.00 bits per heavy atom. The molecule has 1 unspecified atom stereocenters. The van der Waals surface area contributed by atoms with Crippen molar-refractivity contribution < 1.29 is 0 Å². The molecule has 1 aromatic carbocycles. The van der Waals surface area contributed by atoms with Crippen LogP contribution in [0.5, 0.6) is 0 Å². The quantitative estimate of drug-likeness (QED) is 0.467. The van der Waals surface area contributed by atoms with Crippen molar-refractivity contribution in [1.82, 2.24) is 25.8 Å². The zero-order valence-corrected chi connectivity index (χ0v) is 9.54. The molecule has 0 saturated carbocycles. The van der Waals surface area contributed by atoms with Crippen LogP contribution in [0.15, 0.2) is 42.7 Å². The molecule has 6 nitrogen and oxygen atoms in total. The van der Waals surface area contributed by atoms with Crippen LogP contribution in [0.2, 0.25) is 0 Å². The van der Waals surface area contributed by atoms with Crippen molar-refractivity contribution in [1.29, 1.82) is 0 Å². The molecule has 0 aliphatic carbocycles. The van der Waals surface area contributed by atoms with Crippen LogP contribution in [-0.4, -0.2) is 20.4 Å². The van der Waals surface area contributed by atoms with E-state index in [9.17, 15) is 0 Å². The van der Waals surface area contributed by atoms with Crippen molar-refractivity contribution in [3.63, 3.8) is 0 Å². The minimum Gasteiger partial charge on any atom is -0.271 e. The number of hydrazine groups is 1. The summed E-state index contributed by atoms with van der Waals surface area (Å²) in [5, 5.41) is 11.5. The first-order valence-corrected chi connectivity index (χ1v) is 5.55. The van der Waals surface area contributed by atoms with Crippen LogP contribution >= 0.6 is 0 Å². The molecule has 0 spiro atoms. The van der Waals surface area contributed by atoms with Gasteiger partial charge >= 0.3 is 0 Å². The molecule has 0 saturated heterocycles. The number of rotatable bonds is 3. The highest BCUT2D eigenvalue weighted by molar-refractivity contribution is 5.79. The minimum absolute atomic E-state index is 0.199. The lowest BCUT2D eigenvalue weighted by Gasteiger charge is -2.13. The first kappa shape index (κ1) is 10.8. The average Bonchev–Trinajstić information content (AvgIpc) is 2.93. The Kier molecular flexibility index (Phi) is 2.71. The lowest BCUT2D eigenvalue weighted by atomic mass is 10.0. The van der Waals surface area contributed by atoms with Crippen LogP contribution in [0.3, 0.4) is 0 Å². The predicted octanol–water partition coefficient (Wildman–Crippen LogP) is 0.906. The number of fused-ring (bicyclic) bond motifs is 1. The Balaban J connectivity index is 2.07. The van der Waals surface area contributed by atoms with E-state index in [1.54, 1.807) is 12.4 Å². The number of hydrogen-bond donors (Lipinski definition) is 3. The number of aromatic amines is 1. The number of nitrogens with two attached hydrogens (primary N) is 1. The van der Waals surface area contributed by atoms with E-state index >= 15 is 0 Å². The lowest BCUT2D eigenvalue weighted by molar-refractivity contribution is 0.619. The summed E-state index contributed by atoms with van der Waals surface area (Å²) in [6.07, 6.45) is 3.42. The monoisotopic (exact) mass is 240 g/mol. The standard InChI is InChI=1S/C12H12N6/c13-16-12(11-7-15-18-17-11)9-4-3-8-2-1-5-14-10(8)6-9/h1-7,12,16H,13H2,(H,15,17,18). The summed E-state index contributed by atoms with van der Waals surface area (Å²) >= 11 is 0. The number of nitrogens with zero attached hydrogens (tertiary/aromatic N) is 3. The van der Waals surface area contributed by atoms with Gasteiger partial charge in [0.25, 0.3) is 0 Å². The average molecular weight is 240 g/mol. The van der Waals surface area contributed by atoms with Gasteiger partial charge in [-0.25, -0.2) is 5.43 Å². The van der Waals surface area contributed by atoms with Crippen LogP contribution < -0.4 is 11.3 Å². The summed E-state index contributed by atoms with van der Waals surface area (Å²) in [5.41, 5.74) is 5.41. The number of H-pyrrole nitrogens is 1. The van der Waals surface area contributed by atoms with E-state index in [2.05, 4.69) is 25.8 Å². The number of benzene rings is 1. The van der Waals surface area contributed by atoms with E-state index in [0.29, 0.717) is 0 Å². The largest absolute Gasteiger partial charge is 0.271 e. The topological polar surface area (TPSA) is 92.5 Å². The van der Waals surface area contributed by atoms with Crippen LogP contribution in [0.25, 0.3) is 10.9 Å². The molecule has 3 aromatic rings. The van der Waals surface area contributed by atoms with Gasteiger partial charge in [0.2, 0.25) is 0 Å². The van der Waals surface area contributed by atoms with Gasteiger partial charge in [-0.3, -0.25) is 10.8 Å². The van der Waals surface area contributed by atoms with E-state index in [4.69, 9.17) is 5.84 Å². The second-order valence-electron chi connectivity index (χ2n) is 3.95. The molecule has 4 N–H and O–H groups in total. The molecule has 90 valence electrons. The Morgan fingerprint density at radius 2 is 2.22 bits per heavy atom. The fourth-order valence-corrected chi connectivity index (χ4v) is 1.96. The van der Waals surface area contributed by atoms with Crippen LogP contribution in [0.1, 0.15) is 17.3 Å². The maximum atomic E-state index is 5.59. The van der Waals surface area contributed by atoms with Gasteiger partial charge in [-0.05, 0) is 17.7 Å². The van der Waals surface area contributed by atoms with Gasteiger partial charge in [0.1, 0.15) is 5.69 Å².